The second-order valence-electron chi connectivity index (χ2n) is 7.97. The summed E-state index contributed by atoms with van der Waals surface area (Å²) in [5.41, 5.74) is 3.90. The molecule has 0 saturated heterocycles. The Morgan fingerprint density at radius 2 is 1.37 bits per heavy atom. The van der Waals surface area contributed by atoms with Gasteiger partial charge in [0.05, 0.1) is 0 Å². The molecule has 154 valence electrons. The first-order valence-corrected chi connectivity index (χ1v) is 12.0. The molecule has 0 saturated carbocycles. The van der Waals surface area contributed by atoms with Crippen LogP contribution in [0.2, 0.25) is 0 Å². The molecule has 0 bridgehead atoms. The van der Waals surface area contributed by atoms with Gasteiger partial charge in [-0.05, 0) is 36.6 Å². The normalized spacial score (nSPS) is 16.1. The van der Waals surface area contributed by atoms with E-state index < -0.39 is 15.4 Å². The Hall–Kier alpha value is -2.72. The number of sulfonamides is 1. The third kappa shape index (κ3) is 3.39. The van der Waals surface area contributed by atoms with Gasteiger partial charge in [0.2, 0.25) is 0 Å². The van der Waals surface area contributed by atoms with E-state index in [2.05, 4.69) is 31.2 Å². The molecule has 0 atom stereocenters. The van der Waals surface area contributed by atoms with Gasteiger partial charge >= 0.3 is 10.0 Å². The largest absolute Gasteiger partial charge is 0.394 e. The van der Waals surface area contributed by atoms with Gasteiger partial charge < -0.3 is 0 Å². The first-order valence-electron chi connectivity index (χ1n) is 10.6. The van der Waals surface area contributed by atoms with Crippen LogP contribution < -0.4 is 0 Å². The van der Waals surface area contributed by atoms with Gasteiger partial charge in [0.15, 0.2) is 12.3 Å². The van der Waals surface area contributed by atoms with Gasteiger partial charge in [-0.1, -0.05) is 85.3 Å². The molecule has 1 heterocycles. The summed E-state index contributed by atoms with van der Waals surface area (Å²) in [5, 5.41) is 0. The van der Waals surface area contributed by atoms with E-state index in [1.165, 1.54) is 0 Å². The zero-order valence-electron chi connectivity index (χ0n) is 17.6. The molecule has 4 heteroatoms. The van der Waals surface area contributed by atoms with Crippen LogP contribution in [0, 0.1) is 6.92 Å². The Labute approximate surface area is 179 Å². The second kappa shape index (κ2) is 8.19. The van der Waals surface area contributed by atoms with Gasteiger partial charge in [0.25, 0.3) is 0 Å². The van der Waals surface area contributed by atoms with E-state index in [9.17, 15) is 8.42 Å². The van der Waals surface area contributed by atoms with Crippen LogP contribution in [-0.2, 0) is 15.4 Å². The zero-order chi connectivity index (χ0) is 21.2. The van der Waals surface area contributed by atoms with Crippen molar-refractivity contribution in [2.24, 2.45) is 0 Å². The highest BCUT2D eigenvalue weighted by Crippen LogP contribution is 2.43. The van der Waals surface area contributed by atoms with Crippen LogP contribution in [0.3, 0.4) is 0 Å². The Morgan fingerprint density at radius 3 is 1.87 bits per heavy atom. The number of aryl methyl sites for hydroxylation is 1. The molecule has 3 aromatic carbocycles. The Morgan fingerprint density at radius 1 is 0.833 bits per heavy atom. The molecule has 0 aliphatic carbocycles. The topological polar surface area (TPSA) is 37.1 Å². The number of benzene rings is 3. The van der Waals surface area contributed by atoms with Crippen molar-refractivity contribution in [1.29, 1.82) is 0 Å². The zero-order valence-corrected chi connectivity index (χ0v) is 18.4. The van der Waals surface area contributed by atoms with Crippen molar-refractivity contribution in [1.82, 2.24) is 0 Å². The summed E-state index contributed by atoms with van der Waals surface area (Å²) in [6.45, 7) is 4.56. The van der Waals surface area contributed by atoms with Crippen LogP contribution in [0.25, 0.3) is 0 Å². The van der Waals surface area contributed by atoms with E-state index in [0.717, 1.165) is 41.7 Å². The van der Waals surface area contributed by atoms with Crippen molar-refractivity contribution < 1.29 is 12.4 Å². The van der Waals surface area contributed by atoms with Gasteiger partial charge in [0.1, 0.15) is 10.3 Å². The maximum Gasteiger partial charge on any atom is 0.394 e. The van der Waals surface area contributed by atoms with Gasteiger partial charge in [-0.2, -0.15) is 8.42 Å². The minimum atomic E-state index is -3.62. The van der Waals surface area contributed by atoms with Crippen molar-refractivity contribution in [3.63, 3.8) is 0 Å². The standard InChI is InChI=1S/C26H28NO2S/c1-3-10-25-26(22-11-6-4-7-12-22,23-13-8-5-9-14-23)19-20-27(25)30(28,29)24-17-15-21(2)16-18-24/h4-9,11-18H,3,10,19-20H2,1-2H3/q+1. The Balaban J connectivity index is 1.98. The minimum Gasteiger partial charge on any atom is -0.158 e. The van der Waals surface area contributed by atoms with E-state index >= 15 is 0 Å². The van der Waals surface area contributed by atoms with E-state index in [1.54, 1.807) is 16.1 Å². The third-order valence-corrected chi connectivity index (χ3v) is 7.96. The van der Waals surface area contributed by atoms with Crippen molar-refractivity contribution in [3.8, 4) is 0 Å². The maximum atomic E-state index is 13.7. The van der Waals surface area contributed by atoms with Crippen molar-refractivity contribution in [2.75, 3.05) is 6.54 Å². The Kier molecular flexibility index (Phi) is 5.61. The van der Waals surface area contributed by atoms with E-state index in [-0.39, 0.29) is 0 Å². The summed E-state index contributed by atoms with van der Waals surface area (Å²) in [5.74, 6) is 0. The molecule has 3 aromatic rings. The summed E-state index contributed by atoms with van der Waals surface area (Å²) in [6.07, 6.45) is 2.35. The average Bonchev–Trinajstić information content (AvgIpc) is 3.16. The van der Waals surface area contributed by atoms with Crippen LogP contribution >= 0.6 is 0 Å². The van der Waals surface area contributed by atoms with Crippen LogP contribution in [0.5, 0.6) is 0 Å². The fraction of sp³-hybridized carbons (Fsp3) is 0.269. The minimum absolute atomic E-state index is 0.360. The van der Waals surface area contributed by atoms with Crippen LogP contribution in [-0.4, -0.2) is 24.7 Å². The molecule has 3 nitrogen and oxygen atoms in total. The molecule has 0 aromatic heterocycles. The van der Waals surface area contributed by atoms with Gasteiger partial charge in [-0.15, -0.1) is 3.98 Å². The molecule has 30 heavy (non-hydrogen) atoms. The molecule has 4 rings (SSSR count). The molecule has 0 N–H and O–H groups in total. The third-order valence-electron chi connectivity index (χ3n) is 6.11. The maximum absolute atomic E-state index is 13.7. The lowest BCUT2D eigenvalue weighted by Crippen LogP contribution is -2.37. The predicted octanol–water partition coefficient (Wildman–Crippen LogP) is 5.33. The summed E-state index contributed by atoms with van der Waals surface area (Å²) in [7, 11) is -3.62. The highest BCUT2D eigenvalue weighted by Gasteiger charge is 2.53. The second-order valence-corrected chi connectivity index (χ2v) is 9.84. The van der Waals surface area contributed by atoms with Crippen molar-refractivity contribution in [2.45, 2.75) is 43.4 Å². The fourth-order valence-corrected chi connectivity index (χ4v) is 6.28. The summed E-state index contributed by atoms with van der Waals surface area (Å²) >= 11 is 0. The van der Waals surface area contributed by atoms with Crippen molar-refractivity contribution >= 4 is 15.7 Å². The molecular weight excluding hydrogens is 390 g/mol. The quantitative estimate of drug-likeness (QED) is 0.508. The monoisotopic (exact) mass is 418 g/mol. The summed E-state index contributed by atoms with van der Waals surface area (Å²) < 4.78 is 29.1. The molecule has 0 fully saturated rings. The highest BCUT2D eigenvalue weighted by atomic mass is 32.2. The van der Waals surface area contributed by atoms with Crippen LogP contribution in [0.15, 0.2) is 89.8 Å². The SMILES string of the molecule is CCCC1=[N+](S(=O)(=O)c2ccc(C)cc2)CCC1(c1ccccc1)c1ccccc1. The number of nitrogens with zero attached hydrogens (tertiary/aromatic N) is 1. The van der Waals surface area contributed by atoms with E-state index in [0.29, 0.717) is 11.4 Å². The van der Waals surface area contributed by atoms with E-state index in [1.807, 2.05) is 55.5 Å². The first-order chi connectivity index (χ1) is 14.5. The highest BCUT2D eigenvalue weighted by molar-refractivity contribution is 7.85. The lowest BCUT2D eigenvalue weighted by atomic mass is 9.69. The molecule has 0 amide bonds. The molecule has 0 spiro atoms. The van der Waals surface area contributed by atoms with Crippen molar-refractivity contribution in [3.05, 3.63) is 102 Å². The average molecular weight is 419 g/mol. The summed E-state index contributed by atoms with van der Waals surface area (Å²) in [6, 6.07) is 27.9. The summed E-state index contributed by atoms with van der Waals surface area (Å²) in [4.78, 5) is 0.360. The van der Waals surface area contributed by atoms with Crippen LogP contribution in [0.1, 0.15) is 42.9 Å². The predicted molar refractivity (Wildman–Crippen MR) is 122 cm³/mol. The Bertz CT molecular complexity index is 1110. The first kappa shape index (κ1) is 20.5. The molecule has 1 aliphatic heterocycles. The van der Waals surface area contributed by atoms with Crippen LogP contribution in [0.4, 0.5) is 0 Å². The van der Waals surface area contributed by atoms with Gasteiger partial charge in [-0.25, -0.2) is 0 Å². The molecular formula is C26H28NO2S+. The number of hydrogen-bond donors (Lipinski definition) is 0. The van der Waals surface area contributed by atoms with Gasteiger partial charge in [-0.3, -0.25) is 0 Å². The number of rotatable bonds is 6. The molecule has 1 aliphatic rings. The lowest BCUT2D eigenvalue weighted by Gasteiger charge is -2.28. The van der Waals surface area contributed by atoms with Gasteiger partial charge in [0, 0.05) is 12.8 Å². The fourth-order valence-electron chi connectivity index (χ4n) is 4.67. The lowest BCUT2D eigenvalue weighted by molar-refractivity contribution is -0.357. The number of hydrogen-bond acceptors (Lipinski definition) is 2. The molecule has 0 radical (unpaired) electrons. The smallest absolute Gasteiger partial charge is 0.158 e. The molecule has 0 unspecified atom stereocenters. The van der Waals surface area contributed by atoms with E-state index in [4.69, 9.17) is 0 Å².